The summed E-state index contributed by atoms with van der Waals surface area (Å²) in [7, 11) is 0. The average Bonchev–Trinajstić information content (AvgIpc) is 2.89. The van der Waals surface area contributed by atoms with E-state index >= 15 is 0 Å². The van der Waals surface area contributed by atoms with Crippen LogP contribution in [-0.4, -0.2) is 46.8 Å². The zero-order valence-electron chi connectivity index (χ0n) is 12.3. The lowest BCUT2D eigenvalue weighted by Crippen LogP contribution is -2.30. The maximum absolute atomic E-state index is 12.2. The van der Waals surface area contributed by atoms with Crippen LogP contribution in [0.2, 0.25) is 0 Å². The van der Waals surface area contributed by atoms with Crippen LogP contribution in [0, 0.1) is 5.92 Å². The molecule has 0 aromatic carbocycles. The van der Waals surface area contributed by atoms with Gasteiger partial charge in [0.15, 0.2) is 0 Å². The molecule has 1 saturated heterocycles. The number of halogens is 1. The van der Waals surface area contributed by atoms with E-state index < -0.39 is 0 Å². The summed E-state index contributed by atoms with van der Waals surface area (Å²) in [5.41, 5.74) is 0.706. The first kappa shape index (κ1) is 17.0. The van der Waals surface area contributed by atoms with E-state index in [2.05, 4.69) is 10.4 Å². The van der Waals surface area contributed by atoms with E-state index in [4.69, 9.17) is 0 Å². The number of rotatable bonds is 5. The Morgan fingerprint density at radius 1 is 1.40 bits per heavy atom. The maximum Gasteiger partial charge on any atom is 0.257 e. The summed E-state index contributed by atoms with van der Waals surface area (Å²) in [6.07, 6.45) is 5.97. The standard InChI is InChI=1S/C14H24N4O.ClH/c1-3-17(4-2)14(19)13-9-16-18(11-13)10-12-5-7-15-8-6-12;/h9,11-12,15H,3-8,10H2,1-2H3;1H. The van der Waals surface area contributed by atoms with Crippen molar-refractivity contribution in [3.8, 4) is 0 Å². The fourth-order valence-electron chi connectivity index (χ4n) is 2.60. The normalized spacial score (nSPS) is 15.7. The molecule has 0 spiro atoms. The zero-order valence-corrected chi connectivity index (χ0v) is 13.2. The van der Waals surface area contributed by atoms with Crippen molar-refractivity contribution >= 4 is 18.3 Å². The second kappa shape index (κ2) is 8.27. The molecular formula is C14H25ClN4O. The highest BCUT2D eigenvalue weighted by Gasteiger charge is 2.17. The first-order valence-corrected chi connectivity index (χ1v) is 7.27. The van der Waals surface area contributed by atoms with Crippen molar-refractivity contribution in [3.05, 3.63) is 18.0 Å². The van der Waals surface area contributed by atoms with Crippen molar-refractivity contribution in [1.82, 2.24) is 20.0 Å². The van der Waals surface area contributed by atoms with Gasteiger partial charge in [-0.15, -0.1) is 12.4 Å². The highest BCUT2D eigenvalue weighted by atomic mass is 35.5. The molecule has 0 unspecified atom stereocenters. The van der Waals surface area contributed by atoms with Gasteiger partial charge < -0.3 is 10.2 Å². The second-order valence-electron chi connectivity index (χ2n) is 5.12. The fraction of sp³-hybridized carbons (Fsp3) is 0.714. The molecule has 1 aliphatic heterocycles. The van der Waals surface area contributed by atoms with Crippen LogP contribution in [0.25, 0.3) is 0 Å². The van der Waals surface area contributed by atoms with Crippen molar-refractivity contribution in [1.29, 1.82) is 0 Å². The molecule has 1 aliphatic rings. The van der Waals surface area contributed by atoms with Gasteiger partial charge in [-0.2, -0.15) is 5.10 Å². The number of aromatic nitrogens is 2. The van der Waals surface area contributed by atoms with Crippen molar-refractivity contribution in [2.75, 3.05) is 26.2 Å². The number of nitrogens with one attached hydrogen (secondary N) is 1. The monoisotopic (exact) mass is 300 g/mol. The Bertz CT molecular complexity index is 411. The van der Waals surface area contributed by atoms with Gasteiger partial charge in [0.1, 0.15) is 0 Å². The summed E-state index contributed by atoms with van der Waals surface area (Å²) in [6.45, 7) is 8.60. The number of piperidine rings is 1. The minimum atomic E-state index is 0. The molecule has 1 aromatic rings. The van der Waals surface area contributed by atoms with E-state index in [1.165, 1.54) is 12.8 Å². The molecular weight excluding hydrogens is 276 g/mol. The van der Waals surface area contributed by atoms with E-state index in [9.17, 15) is 4.79 Å². The predicted molar refractivity (Wildman–Crippen MR) is 82.3 cm³/mol. The number of hydrogen-bond acceptors (Lipinski definition) is 3. The SMILES string of the molecule is CCN(CC)C(=O)c1cnn(CC2CCNCC2)c1.Cl. The third-order valence-corrected chi connectivity index (χ3v) is 3.83. The quantitative estimate of drug-likeness (QED) is 0.902. The largest absolute Gasteiger partial charge is 0.339 e. The summed E-state index contributed by atoms with van der Waals surface area (Å²) in [5.74, 6) is 0.763. The Kier molecular flexibility index (Phi) is 7.02. The van der Waals surface area contributed by atoms with Crippen LogP contribution in [0.4, 0.5) is 0 Å². The minimum Gasteiger partial charge on any atom is -0.339 e. The molecule has 0 atom stereocenters. The molecule has 0 radical (unpaired) electrons. The Balaban J connectivity index is 0.00000200. The average molecular weight is 301 g/mol. The van der Waals surface area contributed by atoms with Crippen molar-refractivity contribution in [2.45, 2.75) is 33.2 Å². The van der Waals surface area contributed by atoms with Crippen LogP contribution in [0.5, 0.6) is 0 Å². The van der Waals surface area contributed by atoms with E-state index in [1.54, 1.807) is 6.20 Å². The topological polar surface area (TPSA) is 50.2 Å². The minimum absolute atomic E-state index is 0. The highest BCUT2D eigenvalue weighted by molar-refractivity contribution is 5.93. The molecule has 0 saturated carbocycles. The summed E-state index contributed by atoms with van der Waals surface area (Å²) in [5, 5.41) is 7.69. The van der Waals surface area contributed by atoms with Gasteiger partial charge in [0.2, 0.25) is 0 Å². The zero-order chi connectivity index (χ0) is 13.7. The Hall–Kier alpha value is -1.07. The number of carbonyl (C=O) groups excluding carboxylic acids is 1. The van der Waals surface area contributed by atoms with Gasteiger partial charge in [-0.05, 0) is 45.7 Å². The molecule has 1 aromatic heterocycles. The van der Waals surface area contributed by atoms with Gasteiger partial charge in [-0.25, -0.2) is 0 Å². The Labute approximate surface area is 127 Å². The maximum atomic E-state index is 12.2. The van der Waals surface area contributed by atoms with Gasteiger partial charge >= 0.3 is 0 Å². The first-order chi connectivity index (χ1) is 9.24. The van der Waals surface area contributed by atoms with Crippen LogP contribution in [0.15, 0.2) is 12.4 Å². The Morgan fingerprint density at radius 2 is 2.05 bits per heavy atom. The molecule has 0 aliphatic carbocycles. The smallest absolute Gasteiger partial charge is 0.257 e. The van der Waals surface area contributed by atoms with Crippen LogP contribution < -0.4 is 5.32 Å². The van der Waals surface area contributed by atoms with E-state index in [0.717, 1.165) is 32.7 Å². The van der Waals surface area contributed by atoms with E-state index in [1.807, 2.05) is 29.6 Å². The van der Waals surface area contributed by atoms with Crippen LogP contribution in [-0.2, 0) is 6.54 Å². The van der Waals surface area contributed by atoms with Gasteiger partial charge in [0.05, 0.1) is 11.8 Å². The second-order valence-corrected chi connectivity index (χ2v) is 5.12. The Morgan fingerprint density at radius 3 is 2.65 bits per heavy atom. The third kappa shape index (κ3) is 4.21. The van der Waals surface area contributed by atoms with Gasteiger partial charge in [-0.3, -0.25) is 9.48 Å². The van der Waals surface area contributed by atoms with Crippen molar-refractivity contribution < 1.29 is 4.79 Å². The summed E-state index contributed by atoms with van der Waals surface area (Å²) < 4.78 is 1.92. The molecule has 2 heterocycles. The first-order valence-electron chi connectivity index (χ1n) is 7.27. The number of hydrogen-bond donors (Lipinski definition) is 1. The van der Waals surface area contributed by atoms with Crippen molar-refractivity contribution in [3.63, 3.8) is 0 Å². The molecule has 114 valence electrons. The number of nitrogens with zero attached hydrogens (tertiary/aromatic N) is 3. The van der Waals surface area contributed by atoms with Crippen molar-refractivity contribution in [2.24, 2.45) is 5.92 Å². The number of carbonyl (C=O) groups is 1. The summed E-state index contributed by atoms with van der Waals surface area (Å²) in [4.78, 5) is 14.0. The molecule has 2 rings (SSSR count). The van der Waals surface area contributed by atoms with Crippen LogP contribution >= 0.6 is 12.4 Å². The van der Waals surface area contributed by atoms with Gasteiger partial charge in [-0.1, -0.05) is 0 Å². The highest BCUT2D eigenvalue weighted by Crippen LogP contribution is 2.14. The van der Waals surface area contributed by atoms with Gasteiger partial charge in [0, 0.05) is 25.8 Å². The summed E-state index contributed by atoms with van der Waals surface area (Å²) in [6, 6.07) is 0. The summed E-state index contributed by atoms with van der Waals surface area (Å²) >= 11 is 0. The van der Waals surface area contributed by atoms with E-state index in [0.29, 0.717) is 11.5 Å². The molecule has 1 fully saturated rings. The fourth-order valence-corrected chi connectivity index (χ4v) is 2.60. The molecule has 1 amide bonds. The molecule has 0 bridgehead atoms. The lowest BCUT2D eigenvalue weighted by Gasteiger charge is -2.22. The van der Waals surface area contributed by atoms with Gasteiger partial charge in [0.25, 0.3) is 5.91 Å². The molecule has 20 heavy (non-hydrogen) atoms. The number of amides is 1. The van der Waals surface area contributed by atoms with E-state index in [-0.39, 0.29) is 18.3 Å². The molecule has 6 heteroatoms. The van der Waals surface area contributed by atoms with Crippen LogP contribution in [0.1, 0.15) is 37.0 Å². The third-order valence-electron chi connectivity index (χ3n) is 3.83. The predicted octanol–water partition coefficient (Wildman–Crippen LogP) is 1.79. The lowest BCUT2D eigenvalue weighted by atomic mass is 9.98. The van der Waals surface area contributed by atoms with Crippen LogP contribution in [0.3, 0.4) is 0 Å². The molecule has 5 nitrogen and oxygen atoms in total. The molecule has 1 N–H and O–H groups in total. The lowest BCUT2D eigenvalue weighted by molar-refractivity contribution is 0.0773.